The van der Waals surface area contributed by atoms with Crippen LogP contribution in [-0.4, -0.2) is 5.71 Å². The average molecular weight is 241 g/mol. The van der Waals surface area contributed by atoms with Crippen LogP contribution in [0.3, 0.4) is 0 Å². The third kappa shape index (κ3) is 3.69. The number of hydrogen-bond acceptors (Lipinski definition) is 1. The standard InChI is InChI=1S/C17H23N/c1-6-9-16(8-3)14(5)18-17-12-15(7-2)11-10-13(17)4/h6,8-12H,7H2,1-5H3/b9-6-,16-8+,18-14?. The smallest absolute Gasteiger partial charge is 0.0664 e. The molecule has 0 fully saturated rings. The summed E-state index contributed by atoms with van der Waals surface area (Å²) in [5.74, 6) is 0. The van der Waals surface area contributed by atoms with Crippen LogP contribution in [-0.2, 0) is 6.42 Å². The van der Waals surface area contributed by atoms with Crippen molar-refractivity contribution in [1.82, 2.24) is 0 Å². The quantitative estimate of drug-likeness (QED) is 0.509. The van der Waals surface area contributed by atoms with E-state index in [9.17, 15) is 0 Å². The molecule has 0 aliphatic heterocycles. The van der Waals surface area contributed by atoms with Crippen molar-refractivity contribution >= 4 is 11.4 Å². The van der Waals surface area contributed by atoms with E-state index in [2.05, 4.69) is 51.1 Å². The Morgan fingerprint density at radius 3 is 2.56 bits per heavy atom. The highest BCUT2D eigenvalue weighted by Crippen LogP contribution is 2.22. The van der Waals surface area contributed by atoms with Crippen molar-refractivity contribution < 1.29 is 0 Å². The predicted octanol–water partition coefficient (Wildman–Crippen LogP) is 5.17. The van der Waals surface area contributed by atoms with Crippen molar-refractivity contribution in [2.75, 3.05) is 0 Å². The molecule has 96 valence electrons. The molecular weight excluding hydrogens is 218 g/mol. The Balaban J connectivity index is 3.15. The first-order chi connectivity index (χ1) is 8.62. The zero-order valence-electron chi connectivity index (χ0n) is 12.1. The average Bonchev–Trinajstić information content (AvgIpc) is 2.38. The molecule has 1 aromatic rings. The Bertz CT molecular complexity index is 490. The van der Waals surface area contributed by atoms with E-state index in [1.807, 2.05) is 19.9 Å². The molecule has 0 unspecified atom stereocenters. The first-order valence-corrected chi connectivity index (χ1v) is 6.56. The number of rotatable bonds is 4. The topological polar surface area (TPSA) is 12.4 Å². The molecule has 1 aromatic carbocycles. The molecule has 0 saturated carbocycles. The van der Waals surface area contributed by atoms with Crippen LogP contribution in [0.2, 0.25) is 0 Å². The second-order valence-corrected chi connectivity index (χ2v) is 4.42. The fourth-order valence-electron chi connectivity index (χ4n) is 1.85. The minimum Gasteiger partial charge on any atom is -0.253 e. The lowest BCUT2D eigenvalue weighted by Gasteiger charge is -2.06. The van der Waals surface area contributed by atoms with Gasteiger partial charge < -0.3 is 0 Å². The maximum Gasteiger partial charge on any atom is 0.0664 e. The molecule has 0 spiro atoms. The highest BCUT2D eigenvalue weighted by molar-refractivity contribution is 6.02. The van der Waals surface area contributed by atoms with Crippen molar-refractivity contribution in [2.24, 2.45) is 4.99 Å². The summed E-state index contributed by atoms with van der Waals surface area (Å²) in [7, 11) is 0. The molecule has 1 rings (SSSR count). The first kappa shape index (κ1) is 14.4. The Kier molecular flexibility index (Phi) is 5.57. The summed E-state index contributed by atoms with van der Waals surface area (Å²) in [6, 6.07) is 6.50. The van der Waals surface area contributed by atoms with E-state index in [-0.39, 0.29) is 0 Å². The number of aryl methyl sites for hydroxylation is 2. The van der Waals surface area contributed by atoms with Gasteiger partial charge in [-0.3, -0.25) is 4.99 Å². The molecular formula is C17H23N. The summed E-state index contributed by atoms with van der Waals surface area (Å²) in [5.41, 5.74) is 5.88. The number of nitrogens with zero attached hydrogens (tertiary/aromatic N) is 1. The summed E-state index contributed by atoms with van der Waals surface area (Å²) in [6.45, 7) is 10.4. The van der Waals surface area contributed by atoms with Crippen molar-refractivity contribution in [3.63, 3.8) is 0 Å². The Hall–Kier alpha value is -1.63. The largest absolute Gasteiger partial charge is 0.253 e. The molecule has 1 nitrogen and oxygen atoms in total. The van der Waals surface area contributed by atoms with Crippen LogP contribution in [0.1, 0.15) is 38.8 Å². The SMILES string of the molecule is C/C=C\C(=C/C)C(C)=Nc1cc(CC)ccc1C. The molecule has 0 atom stereocenters. The number of benzene rings is 1. The molecule has 0 saturated heterocycles. The summed E-state index contributed by atoms with van der Waals surface area (Å²) < 4.78 is 0. The third-order valence-corrected chi connectivity index (χ3v) is 3.04. The predicted molar refractivity (Wildman–Crippen MR) is 81.9 cm³/mol. The van der Waals surface area contributed by atoms with Crippen LogP contribution >= 0.6 is 0 Å². The zero-order valence-corrected chi connectivity index (χ0v) is 12.1. The Morgan fingerprint density at radius 2 is 2.00 bits per heavy atom. The summed E-state index contributed by atoms with van der Waals surface area (Å²) >= 11 is 0. The molecule has 0 N–H and O–H groups in total. The number of aliphatic imine (C=N–C) groups is 1. The van der Waals surface area contributed by atoms with Crippen molar-refractivity contribution in [2.45, 2.75) is 41.0 Å². The lowest BCUT2D eigenvalue weighted by molar-refractivity contribution is 1.13. The number of hydrogen-bond donors (Lipinski definition) is 0. The zero-order chi connectivity index (χ0) is 13.5. The van der Waals surface area contributed by atoms with Crippen LogP contribution < -0.4 is 0 Å². The van der Waals surface area contributed by atoms with Gasteiger partial charge in [0.05, 0.1) is 5.69 Å². The van der Waals surface area contributed by atoms with Crippen LogP contribution in [0, 0.1) is 6.92 Å². The van der Waals surface area contributed by atoms with Gasteiger partial charge in [0.2, 0.25) is 0 Å². The van der Waals surface area contributed by atoms with Gasteiger partial charge in [-0.05, 0) is 56.9 Å². The lowest BCUT2D eigenvalue weighted by Crippen LogP contribution is -1.94. The Morgan fingerprint density at radius 1 is 1.28 bits per heavy atom. The second kappa shape index (κ2) is 6.95. The van der Waals surface area contributed by atoms with E-state index in [4.69, 9.17) is 4.99 Å². The van der Waals surface area contributed by atoms with Crippen molar-refractivity contribution in [3.05, 3.63) is 53.1 Å². The summed E-state index contributed by atoms with van der Waals surface area (Å²) in [5, 5.41) is 0. The van der Waals surface area contributed by atoms with Crippen LogP contribution in [0.25, 0.3) is 0 Å². The molecule has 0 aliphatic carbocycles. The van der Waals surface area contributed by atoms with Gasteiger partial charge in [0, 0.05) is 5.71 Å². The summed E-state index contributed by atoms with van der Waals surface area (Å²) in [4.78, 5) is 4.75. The minimum absolute atomic E-state index is 1.05. The maximum absolute atomic E-state index is 4.75. The third-order valence-electron chi connectivity index (χ3n) is 3.04. The molecule has 0 heterocycles. The maximum atomic E-state index is 4.75. The lowest BCUT2D eigenvalue weighted by atomic mass is 10.1. The Labute approximate surface area is 111 Å². The van der Waals surface area contributed by atoms with Gasteiger partial charge >= 0.3 is 0 Å². The van der Waals surface area contributed by atoms with Crippen molar-refractivity contribution in [1.29, 1.82) is 0 Å². The second-order valence-electron chi connectivity index (χ2n) is 4.42. The van der Waals surface area contributed by atoms with Gasteiger partial charge in [-0.2, -0.15) is 0 Å². The van der Waals surface area contributed by atoms with E-state index in [1.54, 1.807) is 0 Å². The van der Waals surface area contributed by atoms with Gasteiger partial charge in [-0.1, -0.05) is 37.3 Å². The van der Waals surface area contributed by atoms with Crippen LogP contribution in [0.4, 0.5) is 5.69 Å². The van der Waals surface area contributed by atoms with Gasteiger partial charge in [0.15, 0.2) is 0 Å². The van der Waals surface area contributed by atoms with Gasteiger partial charge in [-0.25, -0.2) is 0 Å². The van der Waals surface area contributed by atoms with Gasteiger partial charge in [-0.15, -0.1) is 0 Å². The fraction of sp³-hybridized carbons (Fsp3) is 0.353. The van der Waals surface area contributed by atoms with E-state index in [0.717, 1.165) is 17.8 Å². The van der Waals surface area contributed by atoms with Gasteiger partial charge in [0.25, 0.3) is 0 Å². The molecule has 0 aliphatic rings. The van der Waals surface area contributed by atoms with Crippen LogP contribution in [0.5, 0.6) is 0 Å². The first-order valence-electron chi connectivity index (χ1n) is 6.56. The van der Waals surface area contributed by atoms with E-state index in [1.165, 1.54) is 16.7 Å². The fourth-order valence-corrected chi connectivity index (χ4v) is 1.85. The summed E-state index contributed by atoms with van der Waals surface area (Å²) in [6.07, 6.45) is 7.28. The normalized spacial score (nSPS) is 13.4. The van der Waals surface area contributed by atoms with E-state index < -0.39 is 0 Å². The monoisotopic (exact) mass is 241 g/mol. The molecule has 1 heteroatoms. The molecule has 0 amide bonds. The molecule has 0 aromatic heterocycles. The highest BCUT2D eigenvalue weighted by atomic mass is 14.7. The van der Waals surface area contributed by atoms with Crippen LogP contribution in [0.15, 0.2) is 47.0 Å². The minimum atomic E-state index is 1.05. The number of allylic oxidation sites excluding steroid dienone is 4. The highest BCUT2D eigenvalue weighted by Gasteiger charge is 2.01. The van der Waals surface area contributed by atoms with Gasteiger partial charge in [0.1, 0.15) is 0 Å². The van der Waals surface area contributed by atoms with Crippen molar-refractivity contribution in [3.8, 4) is 0 Å². The molecule has 18 heavy (non-hydrogen) atoms. The molecule has 0 bridgehead atoms. The van der Waals surface area contributed by atoms with E-state index >= 15 is 0 Å². The molecule has 0 radical (unpaired) electrons. The van der Waals surface area contributed by atoms with E-state index in [0.29, 0.717) is 0 Å².